The second kappa shape index (κ2) is 15.3. The van der Waals surface area contributed by atoms with E-state index in [0.29, 0.717) is 0 Å². The van der Waals surface area contributed by atoms with Gasteiger partial charge in [-0.1, -0.05) is 176 Å². The molecule has 0 N–H and O–H groups in total. The van der Waals surface area contributed by atoms with Crippen molar-refractivity contribution in [1.82, 2.24) is 0 Å². The average molecular weight is 782 g/mol. The first-order valence-corrected chi connectivity index (χ1v) is 21.3. The van der Waals surface area contributed by atoms with Crippen LogP contribution in [0.1, 0.15) is 0 Å². The molecule has 0 fully saturated rings. The zero-order valence-electron chi connectivity index (χ0n) is 32.9. The lowest BCUT2D eigenvalue weighted by atomic mass is 9.96. The van der Waals surface area contributed by atoms with Crippen molar-refractivity contribution in [2.24, 2.45) is 0 Å². The number of rotatable bonds is 8. The van der Waals surface area contributed by atoms with Gasteiger partial charge in [-0.15, -0.1) is 11.3 Å². The molecule has 11 rings (SSSR count). The van der Waals surface area contributed by atoms with Crippen LogP contribution in [0.25, 0.3) is 86.6 Å². The lowest BCUT2D eigenvalue weighted by Gasteiger charge is -2.27. The van der Waals surface area contributed by atoms with Crippen molar-refractivity contribution in [2.45, 2.75) is 0 Å². The molecule has 0 saturated carbocycles. The Hall–Kier alpha value is -7.52. The first kappa shape index (κ1) is 35.6. The Morgan fingerprint density at radius 1 is 0.267 bits per heavy atom. The Morgan fingerprint density at radius 2 is 0.733 bits per heavy atom. The van der Waals surface area contributed by atoms with Gasteiger partial charge in [0.15, 0.2) is 0 Å². The normalized spacial score (nSPS) is 11.3. The fraction of sp³-hybridized carbons (Fsp3) is 0. The summed E-state index contributed by atoms with van der Waals surface area (Å²) < 4.78 is 2.58. The summed E-state index contributed by atoms with van der Waals surface area (Å²) >= 11 is 1.86. The van der Waals surface area contributed by atoms with Crippen LogP contribution in [-0.2, 0) is 0 Å². The van der Waals surface area contributed by atoms with Gasteiger partial charge in [0.1, 0.15) is 0 Å². The van der Waals surface area contributed by atoms with Crippen molar-refractivity contribution in [2.75, 3.05) is 4.90 Å². The molecule has 0 unspecified atom stereocenters. The summed E-state index contributed by atoms with van der Waals surface area (Å²) in [5, 5.41) is 5.08. The Labute approximate surface area is 354 Å². The van der Waals surface area contributed by atoms with Crippen LogP contribution >= 0.6 is 11.3 Å². The molecule has 0 saturated heterocycles. The molecule has 1 heterocycles. The molecule has 0 aliphatic heterocycles. The van der Waals surface area contributed by atoms with Gasteiger partial charge in [0, 0.05) is 31.5 Å². The third-order valence-electron chi connectivity index (χ3n) is 11.7. The van der Waals surface area contributed by atoms with Crippen LogP contribution in [0.2, 0.25) is 0 Å². The van der Waals surface area contributed by atoms with Crippen molar-refractivity contribution < 1.29 is 0 Å². The topological polar surface area (TPSA) is 3.24 Å². The molecule has 1 nitrogen and oxygen atoms in total. The van der Waals surface area contributed by atoms with E-state index >= 15 is 0 Å². The van der Waals surface area contributed by atoms with Gasteiger partial charge in [-0.25, -0.2) is 0 Å². The molecule has 1 aromatic heterocycles. The molecule has 2 heteroatoms. The highest BCUT2D eigenvalue weighted by Gasteiger charge is 2.19. The average Bonchev–Trinajstić information content (AvgIpc) is 3.72. The molecule has 282 valence electrons. The van der Waals surface area contributed by atoms with Crippen LogP contribution in [0, 0.1) is 0 Å². The fourth-order valence-electron chi connectivity index (χ4n) is 8.61. The van der Waals surface area contributed by atoms with E-state index in [0.717, 1.165) is 11.4 Å². The molecular weight excluding hydrogens is 743 g/mol. The van der Waals surface area contributed by atoms with Crippen molar-refractivity contribution in [3.05, 3.63) is 237 Å². The maximum Gasteiger partial charge on any atom is 0.0554 e. The van der Waals surface area contributed by atoms with Gasteiger partial charge in [-0.2, -0.15) is 0 Å². The maximum absolute atomic E-state index is 2.43. The quantitative estimate of drug-likeness (QED) is 0.148. The smallest absolute Gasteiger partial charge is 0.0554 e. The molecule has 0 atom stereocenters. The number of benzene rings is 10. The molecule has 60 heavy (non-hydrogen) atoms. The number of hydrogen-bond donors (Lipinski definition) is 0. The molecule has 0 aliphatic rings. The van der Waals surface area contributed by atoms with Crippen LogP contribution < -0.4 is 4.90 Å². The van der Waals surface area contributed by atoms with Gasteiger partial charge < -0.3 is 4.90 Å². The van der Waals surface area contributed by atoms with E-state index in [9.17, 15) is 0 Å². The van der Waals surface area contributed by atoms with Gasteiger partial charge in [0.2, 0.25) is 0 Å². The van der Waals surface area contributed by atoms with E-state index in [-0.39, 0.29) is 0 Å². The zero-order chi connectivity index (χ0) is 39.8. The highest BCUT2D eigenvalue weighted by Crippen LogP contribution is 2.46. The van der Waals surface area contributed by atoms with Crippen molar-refractivity contribution in [1.29, 1.82) is 0 Å². The number of hydrogen-bond acceptors (Lipinski definition) is 2. The number of anilines is 3. The second-order valence-corrected chi connectivity index (χ2v) is 16.4. The van der Waals surface area contributed by atoms with Crippen LogP contribution in [0.5, 0.6) is 0 Å². The van der Waals surface area contributed by atoms with Crippen molar-refractivity contribution in [3.63, 3.8) is 0 Å². The third-order valence-corrected chi connectivity index (χ3v) is 12.8. The summed E-state index contributed by atoms with van der Waals surface area (Å²) in [5.41, 5.74) is 15.4. The molecule has 10 aromatic carbocycles. The second-order valence-electron chi connectivity index (χ2n) is 15.3. The Morgan fingerprint density at radius 3 is 1.45 bits per heavy atom. The highest BCUT2D eigenvalue weighted by atomic mass is 32.1. The number of nitrogens with zero attached hydrogens (tertiary/aromatic N) is 1. The monoisotopic (exact) mass is 781 g/mol. The van der Waals surface area contributed by atoms with Crippen molar-refractivity contribution >= 4 is 59.3 Å². The predicted octanol–water partition coefficient (Wildman–Crippen LogP) is 17.0. The number of fused-ring (bicyclic) bond motifs is 4. The summed E-state index contributed by atoms with van der Waals surface area (Å²) in [6.07, 6.45) is 0. The van der Waals surface area contributed by atoms with Gasteiger partial charge in [0.25, 0.3) is 0 Å². The minimum atomic E-state index is 1.11. The first-order valence-electron chi connectivity index (χ1n) is 20.5. The van der Waals surface area contributed by atoms with E-state index in [4.69, 9.17) is 0 Å². The van der Waals surface area contributed by atoms with E-state index in [2.05, 4.69) is 241 Å². The van der Waals surface area contributed by atoms with Crippen molar-refractivity contribution in [3.8, 4) is 55.6 Å². The summed E-state index contributed by atoms with van der Waals surface area (Å²) in [4.78, 5) is 2.43. The Kier molecular flexibility index (Phi) is 9.11. The Bertz CT molecular complexity index is 3310. The van der Waals surface area contributed by atoms with Crippen LogP contribution in [0.4, 0.5) is 17.1 Å². The molecule has 0 bridgehead atoms. The Balaban J connectivity index is 0.949. The van der Waals surface area contributed by atoms with E-state index in [1.807, 2.05) is 11.3 Å². The molecule has 0 spiro atoms. The standard InChI is InChI=1S/C58H39NS/c1-2-12-40(13-3-1)46-16-8-18-48(36-46)50-20-10-21-53(39-50)59(55-23-11-25-57-58(55)54-22-6-7-24-56(54)60-57)52-34-32-43(33-35-52)42-26-28-44(29-27-42)47-17-9-19-49(37-47)51-31-30-41-14-4-5-15-45(41)38-51/h1-39H. The summed E-state index contributed by atoms with van der Waals surface area (Å²) in [6.45, 7) is 0. The van der Waals surface area contributed by atoms with Crippen LogP contribution in [0.15, 0.2) is 237 Å². The minimum Gasteiger partial charge on any atom is -0.310 e. The van der Waals surface area contributed by atoms with E-state index < -0.39 is 0 Å². The zero-order valence-corrected chi connectivity index (χ0v) is 33.7. The lowest BCUT2D eigenvalue weighted by molar-refractivity contribution is 1.30. The van der Waals surface area contributed by atoms with Crippen LogP contribution in [0.3, 0.4) is 0 Å². The van der Waals surface area contributed by atoms with Gasteiger partial charge in [0.05, 0.1) is 5.69 Å². The molecule has 11 aromatic rings. The molecule has 0 amide bonds. The predicted molar refractivity (Wildman–Crippen MR) is 259 cm³/mol. The molecular formula is C58H39NS. The highest BCUT2D eigenvalue weighted by molar-refractivity contribution is 7.26. The summed E-state index contributed by atoms with van der Waals surface area (Å²) in [7, 11) is 0. The molecule has 0 aliphatic carbocycles. The summed E-state index contributed by atoms with van der Waals surface area (Å²) in [6, 6.07) is 86.1. The SMILES string of the molecule is c1ccc(-c2cccc(-c3cccc(N(c4ccc(-c5ccc(-c6cccc(-c7ccc8ccccc8c7)c6)cc5)cc4)c4cccc5sc6ccccc6c45)c3)c2)cc1. The first-order chi connectivity index (χ1) is 29.7. The summed E-state index contributed by atoms with van der Waals surface area (Å²) in [5.74, 6) is 0. The maximum atomic E-state index is 2.43. The van der Waals surface area contributed by atoms with Crippen LogP contribution in [-0.4, -0.2) is 0 Å². The van der Waals surface area contributed by atoms with Gasteiger partial charge in [-0.05, 0) is 127 Å². The fourth-order valence-corrected chi connectivity index (χ4v) is 9.74. The lowest BCUT2D eigenvalue weighted by Crippen LogP contribution is -2.10. The third kappa shape index (κ3) is 6.73. The largest absolute Gasteiger partial charge is 0.310 e. The van der Waals surface area contributed by atoms with Gasteiger partial charge in [-0.3, -0.25) is 0 Å². The molecule has 0 radical (unpaired) electrons. The van der Waals surface area contributed by atoms with E-state index in [1.54, 1.807) is 0 Å². The van der Waals surface area contributed by atoms with E-state index in [1.165, 1.54) is 92.3 Å². The van der Waals surface area contributed by atoms with Gasteiger partial charge >= 0.3 is 0 Å². The minimum absolute atomic E-state index is 1.11. The number of thiophene rings is 1.